The van der Waals surface area contributed by atoms with Gasteiger partial charge in [-0.2, -0.15) is 0 Å². The molecule has 1 aliphatic carbocycles. The average molecular weight is 189 g/mol. The van der Waals surface area contributed by atoms with Gasteiger partial charge in [-0.3, -0.25) is 10.1 Å². The number of rotatable bonds is 3. The van der Waals surface area contributed by atoms with Crippen LogP contribution in [0.2, 0.25) is 0 Å². The molecule has 2 rings (SSSR count). The highest BCUT2D eigenvalue weighted by Crippen LogP contribution is 2.41. The van der Waals surface area contributed by atoms with Crippen LogP contribution in [-0.2, 0) is 0 Å². The van der Waals surface area contributed by atoms with E-state index >= 15 is 0 Å². The summed E-state index contributed by atoms with van der Waals surface area (Å²) in [5, 5.41) is 10.6. The third kappa shape index (κ3) is 1.66. The van der Waals surface area contributed by atoms with Crippen LogP contribution in [0.25, 0.3) is 6.08 Å². The molecule has 0 N–H and O–H groups in total. The Morgan fingerprint density at radius 3 is 2.64 bits per heavy atom. The zero-order valence-corrected chi connectivity index (χ0v) is 7.77. The van der Waals surface area contributed by atoms with Gasteiger partial charge in [0.05, 0.1) is 4.92 Å². The predicted octanol–water partition coefficient (Wildman–Crippen LogP) is 3.12. The molecule has 0 radical (unpaired) electrons. The molecule has 0 heterocycles. The molecule has 0 amide bonds. The molecule has 1 aliphatic rings. The number of nitro groups is 1. The topological polar surface area (TPSA) is 43.1 Å². The van der Waals surface area contributed by atoms with Gasteiger partial charge < -0.3 is 0 Å². The van der Waals surface area contributed by atoms with E-state index in [1.807, 2.05) is 6.07 Å². The van der Waals surface area contributed by atoms with Crippen molar-refractivity contribution < 1.29 is 4.92 Å². The van der Waals surface area contributed by atoms with E-state index in [9.17, 15) is 10.1 Å². The maximum atomic E-state index is 10.6. The normalized spacial score (nSPS) is 15.1. The van der Waals surface area contributed by atoms with Gasteiger partial charge in [-0.05, 0) is 29.9 Å². The zero-order chi connectivity index (χ0) is 10.1. The predicted molar refractivity (Wildman–Crippen MR) is 55.2 cm³/mol. The fourth-order valence-corrected chi connectivity index (χ4v) is 1.53. The van der Waals surface area contributed by atoms with Crippen molar-refractivity contribution >= 4 is 11.8 Å². The van der Waals surface area contributed by atoms with Crippen molar-refractivity contribution in [2.75, 3.05) is 0 Å². The summed E-state index contributed by atoms with van der Waals surface area (Å²) in [5.41, 5.74) is 2.08. The molecule has 1 aromatic carbocycles. The van der Waals surface area contributed by atoms with Gasteiger partial charge in [0.1, 0.15) is 0 Å². The van der Waals surface area contributed by atoms with E-state index in [-0.39, 0.29) is 10.6 Å². The molecule has 14 heavy (non-hydrogen) atoms. The SMILES string of the molecule is C=Cc1cc(C2CC2)cc([N+](=O)[O-])c1. The van der Waals surface area contributed by atoms with Crippen molar-refractivity contribution in [3.05, 3.63) is 46.0 Å². The van der Waals surface area contributed by atoms with Gasteiger partial charge in [0.15, 0.2) is 0 Å². The molecule has 1 aromatic rings. The van der Waals surface area contributed by atoms with Gasteiger partial charge in [0.2, 0.25) is 0 Å². The Hall–Kier alpha value is -1.64. The summed E-state index contributed by atoms with van der Waals surface area (Å²) in [6, 6.07) is 5.21. The lowest BCUT2D eigenvalue weighted by Gasteiger charge is -2.00. The van der Waals surface area contributed by atoms with E-state index in [0.29, 0.717) is 5.92 Å². The first-order valence-electron chi connectivity index (χ1n) is 4.62. The lowest BCUT2D eigenvalue weighted by molar-refractivity contribution is -0.384. The summed E-state index contributed by atoms with van der Waals surface area (Å²) in [6.07, 6.45) is 3.95. The lowest BCUT2D eigenvalue weighted by Crippen LogP contribution is -1.91. The molecule has 0 bridgehead atoms. The second kappa shape index (κ2) is 3.25. The van der Waals surface area contributed by atoms with Crippen LogP contribution in [0.5, 0.6) is 0 Å². The molecule has 1 saturated carbocycles. The molecule has 0 atom stereocenters. The molecular weight excluding hydrogens is 178 g/mol. The third-order valence-corrected chi connectivity index (χ3v) is 2.46. The summed E-state index contributed by atoms with van der Waals surface area (Å²) in [5.74, 6) is 0.536. The van der Waals surface area contributed by atoms with Crippen molar-refractivity contribution in [1.82, 2.24) is 0 Å². The molecule has 0 unspecified atom stereocenters. The fourth-order valence-electron chi connectivity index (χ4n) is 1.53. The summed E-state index contributed by atoms with van der Waals surface area (Å²) in [7, 11) is 0. The van der Waals surface area contributed by atoms with E-state index in [2.05, 4.69) is 6.58 Å². The van der Waals surface area contributed by atoms with E-state index in [1.165, 1.54) is 0 Å². The first-order valence-corrected chi connectivity index (χ1v) is 4.62. The number of hydrogen-bond acceptors (Lipinski definition) is 2. The molecule has 0 spiro atoms. The van der Waals surface area contributed by atoms with Crippen molar-refractivity contribution in [3.8, 4) is 0 Å². The van der Waals surface area contributed by atoms with Gasteiger partial charge in [-0.25, -0.2) is 0 Å². The van der Waals surface area contributed by atoms with Gasteiger partial charge in [-0.15, -0.1) is 0 Å². The Morgan fingerprint density at radius 1 is 1.43 bits per heavy atom. The van der Waals surface area contributed by atoms with Gasteiger partial charge in [0.25, 0.3) is 5.69 Å². The monoisotopic (exact) mass is 189 g/mol. The Labute approximate surface area is 82.2 Å². The number of hydrogen-bond donors (Lipinski definition) is 0. The number of nitro benzene ring substituents is 1. The molecule has 0 aliphatic heterocycles. The number of non-ortho nitro benzene ring substituents is 1. The first-order chi connectivity index (χ1) is 6.70. The van der Waals surface area contributed by atoms with Crippen molar-refractivity contribution in [2.24, 2.45) is 0 Å². The Balaban J connectivity index is 2.45. The average Bonchev–Trinajstić information content (AvgIpc) is 3.00. The van der Waals surface area contributed by atoms with Crippen LogP contribution in [0.4, 0.5) is 5.69 Å². The number of benzene rings is 1. The number of nitrogens with zero attached hydrogens (tertiary/aromatic N) is 1. The highest BCUT2D eigenvalue weighted by atomic mass is 16.6. The van der Waals surface area contributed by atoms with Crippen LogP contribution in [0, 0.1) is 10.1 Å². The van der Waals surface area contributed by atoms with Crippen LogP contribution in [0.15, 0.2) is 24.8 Å². The molecular formula is C11H11NO2. The lowest BCUT2D eigenvalue weighted by atomic mass is 10.1. The quantitative estimate of drug-likeness (QED) is 0.541. The fraction of sp³-hybridized carbons (Fsp3) is 0.273. The van der Waals surface area contributed by atoms with E-state index < -0.39 is 0 Å². The van der Waals surface area contributed by atoms with E-state index in [4.69, 9.17) is 0 Å². The van der Waals surface area contributed by atoms with Crippen LogP contribution in [0.3, 0.4) is 0 Å². The van der Waals surface area contributed by atoms with E-state index in [0.717, 1.165) is 24.0 Å². The second-order valence-corrected chi connectivity index (χ2v) is 3.59. The molecule has 0 saturated heterocycles. The minimum Gasteiger partial charge on any atom is -0.258 e. The van der Waals surface area contributed by atoms with Crippen LogP contribution in [-0.4, -0.2) is 4.92 Å². The third-order valence-electron chi connectivity index (χ3n) is 2.46. The maximum absolute atomic E-state index is 10.6. The van der Waals surface area contributed by atoms with E-state index in [1.54, 1.807) is 18.2 Å². The largest absolute Gasteiger partial charge is 0.270 e. The molecule has 1 fully saturated rings. The molecule has 3 nitrogen and oxygen atoms in total. The summed E-state index contributed by atoms with van der Waals surface area (Å²) < 4.78 is 0. The van der Waals surface area contributed by atoms with Crippen LogP contribution < -0.4 is 0 Å². The van der Waals surface area contributed by atoms with Gasteiger partial charge in [0, 0.05) is 12.1 Å². The minimum atomic E-state index is -0.348. The van der Waals surface area contributed by atoms with Crippen molar-refractivity contribution in [3.63, 3.8) is 0 Å². The minimum absolute atomic E-state index is 0.171. The van der Waals surface area contributed by atoms with Gasteiger partial charge in [-0.1, -0.05) is 18.7 Å². The van der Waals surface area contributed by atoms with Crippen molar-refractivity contribution in [2.45, 2.75) is 18.8 Å². The standard InChI is InChI=1S/C11H11NO2/c1-2-8-5-10(9-3-4-9)7-11(6-8)12(13)14/h2,5-7,9H,1,3-4H2. The van der Waals surface area contributed by atoms with Gasteiger partial charge >= 0.3 is 0 Å². The Morgan fingerprint density at radius 2 is 2.14 bits per heavy atom. The first kappa shape index (κ1) is 8.94. The molecule has 72 valence electrons. The van der Waals surface area contributed by atoms with Crippen LogP contribution >= 0.6 is 0 Å². The maximum Gasteiger partial charge on any atom is 0.270 e. The Kier molecular flexibility index (Phi) is 2.08. The molecule has 0 aromatic heterocycles. The molecule has 3 heteroatoms. The smallest absolute Gasteiger partial charge is 0.258 e. The van der Waals surface area contributed by atoms with Crippen LogP contribution in [0.1, 0.15) is 29.9 Å². The highest BCUT2D eigenvalue weighted by molar-refractivity contribution is 5.54. The van der Waals surface area contributed by atoms with Crippen molar-refractivity contribution in [1.29, 1.82) is 0 Å². The summed E-state index contributed by atoms with van der Waals surface area (Å²) in [4.78, 5) is 10.3. The Bertz CT molecular complexity index is 394. The second-order valence-electron chi connectivity index (χ2n) is 3.59. The summed E-state index contributed by atoms with van der Waals surface area (Å²) >= 11 is 0. The summed E-state index contributed by atoms with van der Waals surface area (Å²) in [6.45, 7) is 3.63. The highest BCUT2D eigenvalue weighted by Gasteiger charge is 2.25. The zero-order valence-electron chi connectivity index (χ0n) is 7.77.